The summed E-state index contributed by atoms with van der Waals surface area (Å²) in [5, 5.41) is 4.09. The topological polar surface area (TPSA) is 12.0 Å². The van der Waals surface area contributed by atoms with Crippen LogP contribution in [-0.4, -0.2) is 7.05 Å². The number of nitrogens with one attached hydrogen (secondary N) is 1. The SMILES string of the molecule is CNC(c1ccc(Cl)c(F)c1)c1cc(C)c(Cl)cc1C. The van der Waals surface area contributed by atoms with Gasteiger partial charge in [-0.2, -0.15) is 0 Å². The van der Waals surface area contributed by atoms with Crippen LogP contribution < -0.4 is 5.32 Å². The van der Waals surface area contributed by atoms with Gasteiger partial charge in [-0.15, -0.1) is 0 Å². The van der Waals surface area contributed by atoms with Crippen LogP contribution >= 0.6 is 23.2 Å². The summed E-state index contributed by atoms with van der Waals surface area (Å²) >= 11 is 11.9. The molecule has 0 radical (unpaired) electrons. The van der Waals surface area contributed by atoms with Crippen LogP contribution in [0.1, 0.15) is 28.3 Å². The van der Waals surface area contributed by atoms with E-state index in [0.29, 0.717) is 0 Å². The molecule has 0 saturated heterocycles. The van der Waals surface area contributed by atoms with Gasteiger partial charge < -0.3 is 5.32 Å². The molecule has 1 atom stereocenters. The summed E-state index contributed by atoms with van der Waals surface area (Å²) in [5.41, 5.74) is 3.98. The summed E-state index contributed by atoms with van der Waals surface area (Å²) in [6.07, 6.45) is 0. The average molecular weight is 312 g/mol. The minimum absolute atomic E-state index is 0.0993. The molecule has 0 saturated carbocycles. The van der Waals surface area contributed by atoms with Crippen molar-refractivity contribution in [2.75, 3.05) is 7.05 Å². The van der Waals surface area contributed by atoms with Gasteiger partial charge in [0.15, 0.2) is 0 Å². The first-order valence-electron chi connectivity index (χ1n) is 6.33. The number of benzene rings is 2. The lowest BCUT2D eigenvalue weighted by Crippen LogP contribution is -2.19. The summed E-state index contributed by atoms with van der Waals surface area (Å²) in [4.78, 5) is 0. The fraction of sp³-hybridized carbons (Fsp3) is 0.250. The fourth-order valence-electron chi connectivity index (χ4n) is 2.31. The van der Waals surface area contributed by atoms with Crippen molar-refractivity contribution in [1.29, 1.82) is 0 Å². The van der Waals surface area contributed by atoms with Gasteiger partial charge in [0.2, 0.25) is 0 Å². The van der Waals surface area contributed by atoms with Gasteiger partial charge in [-0.25, -0.2) is 4.39 Å². The third-order valence-electron chi connectivity index (χ3n) is 3.42. The molecule has 2 aromatic rings. The first-order valence-corrected chi connectivity index (χ1v) is 7.08. The van der Waals surface area contributed by atoms with E-state index >= 15 is 0 Å². The Balaban J connectivity index is 2.52. The van der Waals surface area contributed by atoms with E-state index in [-0.39, 0.29) is 11.1 Å². The summed E-state index contributed by atoms with van der Waals surface area (Å²) in [5.74, 6) is -0.409. The smallest absolute Gasteiger partial charge is 0.142 e. The van der Waals surface area contributed by atoms with E-state index in [1.54, 1.807) is 6.07 Å². The monoisotopic (exact) mass is 311 g/mol. The summed E-state index contributed by atoms with van der Waals surface area (Å²) < 4.78 is 13.7. The first-order chi connectivity index (χ1) is 9.43. The molecule has 0 spiro atoms. The lowest BCUT2D eigenvalue weighted by atomic mass is 9.93. The second-order valence-electron chi connectivity index (χ2n) is 4.85. The van der Waals surface area contributed by atoms with Gasteiger partial charge in [0.05, 0.1) is 11.1 Å². The van der Waals surface area contributed by atoms with Gasteiger partial charge in [-0.1, -0.05) is 35.3 Å². The summed E-state index contributed by atoms with van der Waals surface area (Å²) in [6.45, 7) is 3.96. The molecule has 1 unspecified atom stereocenters. The number of aryl methyl sites for hydroxylation is 2. The van der Waals surface area contributed by atoms with Crippen LogP contribution in [0.3, 0.4) is 0 Å². The Morgan fingerprint density at radius 1 is 1.00 bits per heavy atom. The molecule has 2 aromatic carbocycles. The quantitative estimate of drug-likeness (QED) is 0.835. The minimum atomic E-state index is -0.409. The molecule has 0 aliphatic rings. The van der Waals surface area contributed by atoms with Crippen LogP contribution in [0.4, 0.5) is 4.39 Å². The first kappa shape index (κ1) is 15.3. The van der Waals surface area contributed by atoms with E-state index in [4.69, 9.17) is 23.2 Å². The van der Waals surface area contributed by atoms with Crippen LogP contribution in [0, 0.1) is 19.7 Å². The Labute approximate surface area is 128 Å². The van der Waals surface area contributed by atoms with Gasteiger partial charge in [-0.05, 0) is 61.3 Å². The molecule has 0 aliphatic carbocycles. The summed E-state index contributed by atoms with van der Waals surface area (Å²) in [7, 11) is 1.85. The number of rotatable bonds is 3. The van der Waals surface area contributed by atoms with Crippen molar-refractivity contribution in [2.24, 2.45) is 0 Å². The van der Waals surface area contributed by atoms with Gasteiger partial charge in [-0.3, -0.25) is 0 Å². The van der Waals surface area contributed by atoms with Crippen LogP contribution in [0.15, 0.2) is 30.3 Å². The zero-order valence-corrected chi connectivity index (χ0v) is 13.1. The van der Waals surface area contributed by atoms with E-state index in [1.165, 1.54) is 6.07 Å². The standard InChI is InChI=1S/C16H16Cl2FN/c1-9-7-14(18)10(2)6-12(9)16(20-3)11-4-5-13(17)15(19)8-11/h4-8,16,20H,1-3H3. The lowest BCUT2D eigenvalue weighted by Gasteiger charge is -2.21. The van der Waals surface area contributed by atoms with Crippen LogP contribution in [0.2, 0.25) is 10.0 Å². The highest BCUT2D eigenvalue weighted by Crippen LogP contribution is 2.30. The third-order valence-corrected chi connectivity index (χ3v) is 4.14. The maximum absolute atomic E-state index is 13.7. The van der Waals surface area contributed by atoms with Gasteiger partial charge in [0.25, 0.3) is 0 Å². The Morgan fingerprint density at radius 2 is 1.70 bits per heavy atom. The second-order valence-corrected chi connectivity index (χ2v) is 5.67. The second kappa shape index (κ2) is 6.13. The van der Waals surface area contributed by atoms with E-state index in [0.717, 1.165) is 27.3 Å². The van der Waals surface area contributed by atoms with Gasteiger partial charge >= 0.3 is 0 Å². The average Bonchev–Trinajstić information content (AvgIpc) is 2.40. The van der Waals surface area contributed by atoms with E-state index in [2.05, 4.69) is 5.32 Å². The lowest BCUT2D eigenvalue weighted by molar-refractivity contribution is 0.616. The van der Waals surface area contributed by atoms with Crippen LogP contribution in [0.25, 0.3) is 0 Å². The molecular formula is C16H16Cl2FN. The molecule has 0 bridgehead atoms. The molecule has 20 heavy (non-hydrogen) atoms. The van der Waals surface area contributed by atoms with Crippen molar-refractivity contribution in [3.8, 4) is 0 Å². The van der Waals surface area contributed by atoms with E-state index < -0.39 is 5.82 Å². The highest BCUT2D eigenvalue weighted by molar-refractivity contribution is 6.31. The summed E-state index contributed by atoms with van der Waals surface area (Å²) in [6, 6.07) is 8.74. The highest BCUT2D eigenvalue weighted by Gasteiger charge is 2.17. The Morgan fingerprint density at radius 3 is 2.30 bits per heavy atom. The Bertz CT molecular complexity index is 641. The van der Waals surface area contributed by atoms with Gasteiger partial charge in [0.1, 0.15) is 5.82 Å². The van der Waals surface area contributed by atoms with E-state index in [9.17, 15) is 4.39 Å². The molecule has 4 heteroatoms. The molecule has 0 aliphatic heterocycles. The van der Waals surface area contributed by atoms with Crippen molar-refractivity contribution >= 4 is 23.2 Å². The van der Waals surface area contributed by atoms with Crippen molar-refractivity contribution in [2.45, 2.75) is 19.9 Å². The normalized spacial score (nSPS) is 12.5. The largest absolute Gasteiger partial charge is 0.309 e. The van der Waals surface area contributed by atoms with E-state index in [1.807, 2.05) is 39.1 Å². The molecule has 0 heterocycles. The predicted molar refractivity (Wildman–Crippen MR) is 83.2 cm³/mol. The molecule has 2 rings (SSSR count). The van der Waals surface area contributed by atoms with Crippen molar-refractivity contribution in [3.05, 3.63) is 68.4 Å². The Hall–Kier alpha value is -1.09. The third kappa shape index (κ3) is 2.98. The van der Waals surface area contributed by atoms with Crippen molar-refractivity contribution in [3.63, 3.8) is 0 Å². The van der Waals surface area contributed by atoms with Crippen molar-refractivity contribution < 1.29 is 4.39 Å². The number of hydrogen-bond donors (Lipinski definition) is 1. The zero-order chi connectivity index (χ0) is 14.9. The van der Waals surface area contributed by atoms with Crippen LogP contribution in [-0.2, 0) is 0 Å². The molecule has 0 amide bonds. The number of halogens is 3. The maximum Gasteiger partial charge on any atom is 0.142 e. The van der Waals surface area contributed by atoms with Gasteiger partial charge in [0, 0.05) is 5.02 Å². The number of hydrogen-bond acceptors (Lipinski definition) is 1. The molecule has 106 valence electrons. The highest BCUT2D eigenvalue weighted by atomic mass is 35.5. The fourth-order valence-corrected chi connectivity index (χ4v) is 2.64. The van der Waals surface area contributed by atoms with Crippen LogP contribution in [0.5, 0.6) is 0 Å². The molecule has 1 N–H and O–H groups in total. The maximum atomic E-state index is 13.7. The zero-order valence-electron chi connectivity index (χ0n) is 11.6. The minimum Gasteiger partial charge on any atom is -0.309 e. The molecule has 1 nitrogen and oxygen atoms in total. The molecule has 0 fully saturated rings. The molecule has 0 aromatic heterocycles. The molecular weight excluding hydrogens is 296 g/mol. The predicted octanol–water partition coefficient (Wildman–Crippen LogP) is 5.06. The Kier molecular flexibility index (Phi) is 4.69. The van der Waals surface area contributed by atoms with Crippen molar-refractivity contribution in [1.82, 2.24) is 5.32 Å².